The average molecular weight is 462 g/mol. The lowest BCUT2D eigenvalue weighted by Gasteiger charge is -2.34. The molecule has 164 valence electrons. The minimum absolute atomic E-state index is 0. The van der Waals surface area contributed by atoms with Gasteiger partial charge in [0, 0.05) is 12.2 Å². The lowest BCUT2D eigenvalue weighted by atomic mass is 10.1. The van der Waals surface area contributed by atoms with Crippen LogP contribution in [-0.4, -0.2) is 61.2 Å². The molecule has 16 heteroatoms. The van der Waals surface area contributed by atoms with Gasteiger partial charge < -0.3 is 35.3 Å². The number of nitrogens with one attached hydrogen (secondary N) is 1. The third-order valence-corrected chi connectivity index (χ3v) is 6.55. The van der Waals surface area contributed by atoms with Crippen molar-refractivity contribution in [2.45, 2.75) is 42.5 Å². The molecule has 14 nitrogen and oxygen atoms in total. The predicted octanol–water partition coefficient (Wildman–Crippen LogP) is -1.69. The van der Waals surface area contributed by atoms with Crippen molar-refractivity contribution >= 4 is 42.6 Å². The zero-order chi connectivity index (χ0) is 21.6. The number of nitrogens with zero attached hydrogens (tertiary/aromatic N) is 3. The van der Waals surface area contributed by atoms with Gasteiger partial charge in [-0.1, -0.05) is 11.8 Å². The van der Waals surface area contributed by atoms with Crippen molar-refractivity contribution in [2.75, 3.05) is 18.1 Å². The molecule has 2 saturated heterocycles. The van der Waals surface area contributed by atoms with E-state index < -0.39 is 43.8 Å². The number of carbonyl (C=O) groups is 1. The average Bonchev–Trinajstić information content (AvgIpc) is 3.16. The minimum Gasteiger partial charge on any atom is -0.756 e. The lowest BCUT2D eigenvalue weighted by Crippen LogP contribution is -2.41. The zero-order valence-electron chi connectivity index (χ0n) is 16.3. The Kier molecular flexibility index (Phi) is 5.61. The Morgan fingerprint density at radius 1 is 1.50 bits per heavy atom. The summed E-state index contributed by atoms with van der Waals surface area (Å²) in [7, 11) is -4.56. The molecule has 2 fully saturated rings. The number of carbonyl (C=O) groups excluding carboxylic acids is 1. The summed E-state index contributed by atoms with van der Waals surface area (Å²) in [4.78, 5) is 45.5. The Morgan fingerprint density at radius 3 is 3.00 bits per heavy atom. The molecular formula is C14H19N6O8PS. The Morgan fingerprint density at radius 2 is 2.27 bits per heavy atom. The highest BCUT2D eigenvalue weighted by molar-refractivity contribution is 7.99. The molecule has 2 aromatic heterocycles. The third kappa shape index (κ3) is 3.97. The van der Waals surface area contributed by atoms with Crippen molar-refractivity contribution in [3.8, 4) is 0 Å². The van der Waals surface area contributed by atoms with Gasteiger partial charge in [-0.3, -0.25) is 23.7 Å². The summed E-state index contributed by atoms with van der Waals surface area (Å²) >= 11 is 1.18. The second-order valence-electron chi connectivity index (χ2n) is 6.67. The molecule has 4 heterocycles. The smallest absolute Gasteiger partial charge is 0.756 e. The van der Waals surface area contributed by atoms with E-state index in [1.54, 1.807) is 0 Å². The highest BCUT2D eigenvalue weighted by Gasteiger charge is 2.51. The molecule has 1 amide bonds. The second kappa shape index (κ2) is 7.92. The molecule has 6 N–H and O–H groups in total. The van der Waals surface area contributed by atoms with Crippen molar-refractivity contribution in [3.05, 3.63) is 10.4 Å². The highest BCUT2D eigenvalue weighted by Crippen LogP contribution is 2.50. The molecule has 0 aromatic carbocycles. The molecule has 5 atom stereocenters. The third-order valence-electron chi connectivity index (χ3n) is 4.55. The first kappa shape index (κ1) is 21.2. The van der Waals surface area contributed by atoms with E-state index >= 15 is 0 Å². The van der Waals surface area contributed by atoms with E-state index in [1.807, 2.05) is 0 Å². The molecular weight excluding hydrogens is 443 g/mol. The number of aliphatic hydroxyl groups excluding tert-OH is 1. The van der Waals surface area contributed by atoms with E-state index in [0.717, 1.165) is 0 Å². The van der Waals surface area contributed by atoms with E-state index in [-0.39, 0.29) is 36.7 Å². The molecule has 4 rings (SSSR count). The van der Waals surface area contributed by atoms with Crippen LogP contribution in [0.25, 0.3) is 11.2 Å². The van der Waals surface area contributed by atoms with Gasteiger partial charge >= 0.3 is 1.43 Å². The van der Waals surface area contributed by atoms with Crippen LogP contribution in [0.1, 0.15) is 20.5 Å². The van der Waals surface area contributed by atoms with Gasteiger partial charge in [-0.25, -0.2) is 4.98 Å². The number of aromatic amines is 1. The number of H-pyrrole nitrogens is 1. The summed E-state index contributed by atoms with van der Waals surface area (Å²) in [5, 5.41) is 11.0. The summed E-state index contributed by atoms with van der Waals surface area (Å²) in [5.41, 5.74) is 10.2. The van der Waals surface area contributed by atoms with E-state index in [1.165, 1.54) is 16.3 Å². The molecule has 0 bridgehead atoms. The molecule has 0 saturated carbocycles. The maximum absolute atomic E-state index is 12.3. The zero-order valence-corrected chi connectivity index (χ0v) is 17.0. The summed E-state index contributed by atoms with van der Waals surface area (Å²) in [6.45, 7) is -0.330. The van der Waals surface area contributed by atoms with Gasteiger partial charge in [0.25, 0.3) is 13.4 Å². The maximum atomic E-state index is 12.3. The van der Waals surface area contributed by atoms with Crippen molar-refractivity contribution in [1.82, 2.24) is 19.5 Å². The number of hydrogen-bond donors (Lipinski definition) is 4. The topological polar surface area (TPSA) is 221 Å². The first-order valence-electron chi connectivity index (χ1n) is 8.82. The van der Waals surface area contributed by atoms with Crippen LogP contribution in [-0.2, 0) is 23.1 Å². The van der Waals surface area contributed by atoms with Gasteiger partial charge in [-0.15, -0.1) is 0 Å². The van der Waals surface area contributed by atoms with Gasteiger partial charge in [-0.2, -0.15) is 4.98 Å². The number of anilines is 1. The molecule has 2 aliphatic heterocycles. The summed E-state index contributed by atoms with van der Waals surface area (Å²) in [5.74, 6) is -0.203. The van der Waals surface area contributed by atoms with Crippen LogP contribution < -0.4 is 21.9 Å². The Bertz CT molecular complexity index is 1100. The summed E-state index contributed by atoms with van der Waals surface area (Å²) < 4.78 is 28.2. The first-order chi connectivity index (χ1) is 14.2. The Hall–Kier alpha value is -2.00. The number of ether oxygens (including phenoxy) is 1. The Labute approximate surface area is 174 Å². The number of aliphatic hydroxyl groups is 1. The first-order valence-corrected chi connectivity index (χ1v) is 11.3. The number of rotatable bonds is 6. The van der Waals surface area contributed by atoms with E-state index in [9.17, 15) is 24.2 Å². The van der Waals surface area contributed by atoms with Crippen molar-refractivity contribution < 1.29 is 34.6 Å². The fourth-order valence-corrected chi connectivity index (χ4v) is 5.17. The van der Waals surface area contributed by atoms with Crippen LogP contribution in [0, 0.1) is 0 Å². The largest absolute Gasteiger partial charge is 1.00 e. The van der Waals surface area contributed by atoms with Crippen molar-refractivity contribution in [2.24, 2.45) is 5.73 Å². The number of nitrogens with two attached hydrogens (primary N) is 2. The molecule has 30 heavy (non-hydrogen) atoms. The second-order valence-corrected chi connectivity index (χ2v) is 9.10. The molecule has 2 aromatic rings. The van der Waals surface area contributed by atoms with Gasteiger partial charge in [0.05, 0.1) is 6.61 Å². The SMILES string of the molecule is NC(=O)CCCSc1nc2c(=O)[nH]c(N)nc2n1[C@@H]1OC2COP(=O)([O-])O[C@H]2C1O.[H+]. The van der Waals surface area contributed by atoms with E-state index in [0.29, 0.717) is 12.2 Å². The molecule has 0 spiro atoms. The number of phosphoric ester groups is 1. The molecule has 3 unspecified atom stereocenters. The number of nitrogen functional groups attached to an aromatic ring is 1. The van der Waals surface area contributed by atoms with Crippen LogP contribution in [0.4, 0.5) is 5.95 Å². The number of imidazole rings is 1. The normalized spacial score (nSPS) is 31.1. The minimum atomic E-state index is -4.56. The van der Waals surface area contributed by atoms with Crippen LogP contribution in [0.5, 0.6) is 0 Å². The molecule has 2 aliphatic rings. The quantitative estimate of drug-likeness (QED) is 0.215. The summed E-state index contributed by atoms with van der Waals surface area (Å²) in [6, 6.07) is 0. The maximum Gasteiger partial charge on any atom is 1.00 e. The van der Waals surface area contributed by atoms with Crippen LogP contribution >= 0.6 is 19.6 Å². The highest BCUT2D eigenvalue weighted by atomic mass is 32.2. The molecule has 0 radical (unpaired) electrons. The summed E-state index contributed by atoms with van der Waals surface area (Å²) in [6.07, 6.45) is -4.05. The predicted molar refractivity (Wildman–Crippen MR) is 101 cm³/mol. The number of fused-ring (bicyclic) bond motifs is 2. The lowest BCUT2D eigenvalue weighted by molar-refractivity contribution is -0.245. The fraction of sp³-hybridized carbons (Fsp3) is 0.571. The van der Waals surface area contributed by atoms with Crippen LogP contribution in [0.2, 0.25) is 0 Å². The Balaban J connectivity index is 0.00000272. The van der Waals surface area contributed by atoms with Gasteiger partial charge in [0.15, 0.2) is 22.5 Å². The van der Waals surface area contributed by atoms with Crippen LogP contribution in [0.3, 0.4) is 0 Å². The number of thioether (sulfide) groups is 1. The van der Waals surface area contributed by atoms with Crippen LogP contribution in [0.15, 0.2) is 9.95 Å². The number of primary amides is 1. The monoisotopic (exact) mass is 462 g/mol. The number of hydrogen-bond acceptors (Lipinski definition) is 12. The van der Waals surface area contributed by atoms with Gasteiger partial charge in [0.1, 0.15) is 18.3 Å². The number of aromatic nitrogens is 4. The number of phosphoric acid groups is 1. The van der Waals surface area contributed by atoms with Gasteiger partial charge in [-0.05, 0) is 6.42 Å². The van der Waals surface area contributed by atoms with Crippen molar-refractivity contribution in [3.63, 3.8) is 0 Å². The standard InChI is InChI=1S/C14H19N6O8PS/c15-6(21)2-1-3-30-14-17-7-10(18-13(16)19-11(7)23)20(14)12-8(22)9-5(27-12)4-26-29(24,25)28-9/h5,8-9,12,22H,1-4H2,(H2,15,21)(H,24,25)(H3,16,18,19,23)/t5?,8?,9-,12-/m1/s1. The molecule has 0 aliphatic carbocycles. The number of amides is 1. The van der Waals surface area contributed by atoms with E-state index in [4.69, 9.17) is 20.7 Å². The van der Waals surface area contributed by atoms with E-state index in [2.05, 4.69) is 19.5 Å². The fourth-order valence-electron chi connectivity index (χ4n) is 3.26. The van der Waals surface area contributed by atoms with Gasteiger partial charge in [0.2, 0.25) is 11.9 Å². The van der Waals surface area contributed by atoms with Crippen molar-refractivity contribution in [1.29, 1.82) is 0 Å².